The third-order valence-electron chi connectivity index (χ3n) is 2.91. The molecule has 0 saturated heterocycles. The quantitative estimate of drug-likeness (QED) is 0.852. The molecular formula is C12H15FO3. The molecule has 1 aliphatic rings. The molecule has 0 bridgehead atoms. The summed E-state index contributed by atoms with van der Waals surface area (Å²) in [6, 6.07) is 4.61. The van der Waals surface area contributed by atoms with E-state index in [4.69, 9.17) is 9.47 Å². The molecule has 3 nitrogen and oxygen atoms in total. The molecule has 0 aliphatic heterocycles. The van der Waals surface area contributed by atoms with Crippen LogP contribution >= 0.6 is 0 Å². The molecule has 1 aromatic carbocycles. The van der Waals surface area contributed by atoms with Gasteiger partial charge in [-0.15, -0.1) is 0 Å². The average molecular weight is 226 g/mol. The van der Waals surface area contributed by atoms with Crippen LogP contribution in [0.5, 0.6) is 5.75 Å². The van der Waals surface area contributed by atoms with Crippen LogP contribution in [0.1, 0.15) is 12.0 Å². The molecule has 1 fully saturated rings. The topological polar surface area (TPSA) is 38.7 Å². The summed E-state index contributed by atoms with van der Waals surface area (Å²) >= 11 is 0. The molecule has 1 N–H and O–H groups in total. The Bertz CT molecular complexity index is 381. The van der Waals surface area contributed by atoms with E-state index in [1.165, 1.54) is 6.07 Å². The maximum atomic E-state index is 13.0. The Hall–Kier alpha value is -1.13. The number of benzene rings is 1. The number of methoxy groups -OCH3 is 1. The number of aliphatic hydroxyl groups excluding tert-OH is 1. The highest BCUT2D eigenvalue weighted by Gasteiger charge is 2.42. The fourth-order valence-corrected chi connectivity index (χ4v) is 1.85. The van der Waals surface area contributed by atoms with Crippen molar-refractivity contribution < 1.29 is 19.0 Å². The number of ether oxygens (including phenoxy) is 2. The van der Waals surface area contributed by atoms with Crippen molar-refractivity contribution in [3.05, 3.63) is 29.6 Å². The van der Waals surface area contributed by atoms with E-state index < -0.39 is 6.10 Å². The van der Waals surface area contributed by atoms with Crippen LogP contribution in [0.25, 0.3) is 0 Å². The second kappa shape index (κ2) is 4.39. The lowest BCUT2D eigenvalue weighted by Gasteiger charge is -2.40. The molecule has 0 spiro atoms. The normalized spacial score (nSPS) is 28.6. The molecule has 0 aromatic heterocycles. The van der Waals surface area contributed by atoms with Gasteiger partial charge in [-0.05, 0) is 30.7 Å². The minimum absolute atomic E-state index is 0.148. The Morgan fingerprint density at radius 2 is 2.19 bits per heavy atom. The Balaban J connectivity index is 2.02. The summed E-state index contributed by atoms with van der Waals surface area (Å²) < 4.78 is 23.7. The summed E-state index contributed by atoms with van der Waals surface area (Å²) in [5.74, 6) is 0.363. The van der Waals surface area contributed by atoms with Gasteiger partial charge >= 0.3 is 0 Å². The number of aryl methyl sites for hydroxylation is 1. The van der Waals surface area contributed by atoms with Gasteiger partial charge < -0.3 is 14.6 Å². The van der Waals surface area contributed by atoms with Gasteiger partial charge in [0.25, 0.3) is 0 Å². The van der Waals surface area contributed by atoms with Crippen molar-refractivity contribution in [1.82, 2.24) is 0 Å². The summed E-state index contributed by atoms with van der Waals surface area (Å²) in [7, 11) is 1.54. The van der Waals surface area contributed by atoms with Crippen LogP contribution < -0.4 is 4.74 Å². The van der Waals surface area contributed by atoms with Crippen LogP contribution in [0.4, 0.5) is 4.39 Å². The predicted molar refractivity (Wildman–Crippen MR) is 57.0 cm³/mol. The largest absolute Gasteiger partial charge is 0.487 e. The molecule has 0 heterocycles. The van der Waals surface area contributed by atoms with Crippen LogP contribution in [0.2, 0.25) is 0 Å². The van der Waals surface area contributed by atoms with Crippen molar-refractivity contribution >= 4 is 0 Å². The van der Waals surface area contributed by atoms with Gasteiger partial charge in [-0.25, -0.2) is 4.39 Å². The molecule has 0 radical (unpaired) electrons. The Kier molecular flexibility index (Phi) is 3.12. The van der Waals surface area contributed by atoms with Gasteiger partial charge in [0, 0.05) is 13.5 Å². The van der Waals surface area contributed by atoms with Crippen molar-refractivity contribution in [2.75, 3.05) is 7.11 Å². The molecule has 16 heavy (non-hydrogen) atoms. The Labute approximate surface area is 93.8 Å². The van der Waals surface area contributed by atoms with E-state index >= 15 is 0 Å². The van der Waals surface area contributed by atoms with Crippen LogP contribution in [0.3, 0.4) is 0 Å². The second-order valence-corrected chi connectivity index (χ2v) is 4.07. The van der Waals surface area contributed by atoms with E-state index in [0.717, 1.165) is 0 Å². The van der Waals surface area contributed by atoms with E-state index in [1.54, 1.807) is 26.2 Å². The first kappa shape index (κ1) is 11.4. The average Bonchev–Trinajstić information content (AvgIpc) is 2.23. The van der Waals surface area contributed by atoms with Gasteiger partial charge in [0.15, 0.2) is 0 Å². The molecule has 2 rings (SSSR count). The summed E-state index contributed by atoms with van der Waals surface area (Å²) in [4.78, 5) is 0. The summed E-state index contributed by atoms with van der Waals surface area (Å²) in [5.41, 5.74) is 0.548. The lowest BCUT2D eigenvalue weighted by Crippen LogP contribution is -2.54. The van der Waals surface area contributed by atoms with Gasteiger partial charge in [0.05, 0.1) is 6.10 Å². The van der Waals surface area contributed by atoms with Crippen molar-refractivity contribution in [1.29, 1.82) is 0 Å². The number of aliphatic hydroxyl groups is 1. The fourth-order valence-electron chi connectivity index (χ4n) is 1.85. The Morgan fingerprint density at radius 1 is 1.44 bits per heavy atom. The van der Waals surface area contributed by atoms with Gasteiger partial charge in [-0.2, -0.15) is 0 Å². The van der Waals surface area contributed by atoms with Crippen LogP contribution in [-0.2, 0) is 4.74 Å². The minimum atomic E-state index is -0.462. The maximum absolute atomic E-state index is 13.0. The third kappa shape index (κ3) is 2.03. The van der Waals surface area contributed by atoms with Gasteiger partial charge in [0.1, 0.15) is 23.8 Å². The van der Waals surface area contributed by atoms with E-state index in [0.29, 0.717) is 17.7 Å². The van der Waals surface area contributed by atoms with Crippen molar-refractivity contribution in [3.63, 3.8) is 0 Å². The molecule has 3 unspecified atom stereocenters. The van der Waals surface area contributed by atoms with Gasteiger partial charge in [-0.3, -0.25) is 0 Å². The highest BCUT2D eigenvalue weighted by Crippen LogP contribution is 2.29. The van der Waals surface area contributed by atoms with Crippen molar-refractivity contribution in [2.24, 2.45) is 0 Å². The minimum Gasteiger partial charge on any atom is -0.487 e. The molecule has 1 saturated carbocycles. The predicted octanol–water partition coefficient (Wildman–Crippen LogP) is 1.66. The van der Waals surface area contributed by atoms with E-state index in [-0.39, 0.29) is 18.0 Å². The zero-order valence-electron chi connectivity index (χ0n) is 9.31. The van der Waals surface area contributed by atoms with E-state index in [1.807, 2.05) is 0 Å². The first-order chi connectivity index (χ1) is 7.61. The third-order valence-corrected chi connectivity index (χ3v) is 2.91. The standard InChI is InChI=1S/C12H15FO3/c1-7-5-8(3-4-9(7)13)16-11-6-10(14)12(11)15-2/h3-5,10-12,14H,6H2,1-2H3. The maximum Gasteiger partial charge on any atom is 0.130 e. The number of hydrogen-bond donors (Lipinski definition) is 1. The van der Waals surface area contributed by atoms with Crippen LogP contribution in [0, 0.1) is 12.7 Å². The van der Waals surface area contributed by atoms with Gasteiger partial charge in [0.2, 0.25) is 0 Å². The van der Waals surface area contributed by atoms with E-state index in [2.05, 4.69) is 0 Å². The van der Waals surface area contributed by atoms with E-state index in [9.17, 15) is 9.50 Å². The monoisotopic (exact) mass is 226 g/mol. The summed E-state index contributed by atoms with van der Waals surface area (Å²) in [5, 5.41) is 9.39. The summed E-state index contributed by atoms with van der Waals surface area (Å²) in [6.07, 6.45) is -0.346. The first-order valence-corrected chi connectivity index (χ1v) is 5.25. The smallest absolute Gasteiger partial charge is 0.130 e. The molecular weight excluding hydrogens is 211 g/mol. The Morgan fingerprint density at radius 3 is 2.75 bits per heavy atom. The van der Waals surface area contributed by atoms with Gasteiger partial charge in [-0.1, -0.05) is 0 Å². The molecule has 0 amide bonds. The highest BCUT2D eigenvalue weighted by molar-refractivity contribution is 5.29. The molecule has 4 heteroatoms. The number of hydrogen-bond acceptors (Lipinski definition) is 3. The zero-order chi connectivity index (χ0) is 11.7. The zero-order valence-corrected chi connectivity index (χ0v) is 9.31. The van der Waals surface area contributed by atoms with Crippen LogP contribution in [0.15, 0.2) is 18.2 Å². The van der Waals surface area contributed by atoms with Crippen LogP contribution in [-0.4, -0.2) is 30.5 Å². The second-order valence-electron chi connectivity index (χ2n) is 4.07. The molecule has 88 valence electrons. The first-order valence-electron chi connectivity index (χ1n) is 5.25. The lowest BCUT2D eigenvalue weighted by atomic mass is 9.88. The lowest BCUT2D eigenvalue weighted by molar-refractivity contribution is -0.149. The highest BCUT2D eigenvalue weighted by atomic mass is 19.1. The molecule has 1 aliphatic carbocycles. The molecule has 3 atom stereocenters. The molecule has 1 aromatic rings. The van der Waals surface area contributed by atoms with Crippen molar-refractivity contribution in [2.45, 2.75) is 31.7 Å². The van der Waals surface area contributed by atoms with Crippen molar-refractivity contribution in [3.8, 4) is 5.75 Å². The number of halogens is 1. The number of rotatable bonds is 3. The summed E-state index contributed by atoms with van der Waals surface area (Å²) in [6.45, 7) is 1.69. The fraction of sp³-hybridized carbons (Fsp3) is 0.500. The SMILES string of the molecule is COC1C(O)CC1Oc1ccc(F)c(C)c1.